The molecule has 6 rings (SSSR count). The van der Waals surface area contributed by atoms with Crippen LogP contribution < -0.4 is 9.13 Å². The maximum Gasteiger partial charge on any atom is 0.210 e. The fourth-order valence-corrected chi connectivity index (χ4v) is 4.74. The Morgan fingerprint density at radius 1 is 0.421 bits per heavy atom. The third-order valence-electron chi connectivity index (χ3n) is 6.87. The number of aromatic nitrogens is 2. The predicted molar refractivity (Wildman–Crippen MR) is 152 cm³/mol. The summed E-state index contributed by atoms with van der Waals surface area (Å²) in [4.78, 5) is 0. The summed E-state index contributed by atoms with van der Waals surface area (Å²) in [5.41, 5.74) is 9.79. The summed E-state index contributed by atoms with van der Waals surface area (Å²) in [5, 5.41) is 0. The molecule has 0 aliphatic heterocycles. The third-order valence-corrected chi connectivity index (χ3v) is 6.87. The van der Waals surface area contributed by atoms with Gasteiger partial charge in [0.25, 0.3) is 0 Å². The Morgan fingerprint density at radius 3 is 1.34 bits per heavy atom. The lowest BCUT2D eigenvalue weighted by Gasteiger charge is -2.09. The van der Waals surface area contributed by atoms with Gasteiger partial charge in [-0.1, -0.05) is 91.0 Å². The third kappa shape index (κ3) is 5.61. The number of benzene rings is 4. The Morgan fingerprint density at radius 2 is 0.868 bits per heavy atom. The minimum Gasteiger partial charge on any atom is -0.191 e. The van der Waals surface area contributed by atoms with Crippen LogP contribution in [0, 0.1) is 6.07 Å². The molecule has 0 spiro atoms. The highest BCUT2D eigenvalue weighted by atomic mass is 14.9. The average molecular weight is 490 g/mol. The van der Waals surface area contributed by atoms with Crippen LogP contribution in [0.5, 0.6) is 0 Å². The number of pyridine rings is 2. The van der Waals surface area contributed by atoms with Gasteiger partial charge in [0.05, 0.1) is 0 Å². The van der Waals surface area contributed by atoms with Crippen molar-refractivity contribution in [1.29, 1.82) is 0 Å². The van der Waals surface area contributed by atoms with Gasteiger partial charge >= 0.3 is 0 Å². The van der Waals surface area contributed by atoms with Crippen LogP contribution in [-0.2, 0) is 12.8 Å². The van der Waals surface area contributed by atoms with Gasteiger partial charge in [0.15, 0.2) is 12.4 Å². The molecule has 2 heteroatoms. The first-order chi connectivity index (χ1) is 18.8. The lowest BCUT2D eigenvalue weighted by molar-refractivity contribution is -0.596. The van der Waals surface area contributed by atoms with Gasteiger partial charge in [-0.2, -0.15) is 14.7 Å². The lowest BCUT2D eigenvalue weighted by atomic mass is 10.0. The molecule has 0 N–H and O–H groups in total. The highest BCUT2D eigenvalue weighted by Crippen LogP contribution is 2.17. The van der Waals surface area contributed by atoms with E-state index in [1.807, 2.05) is 6.20 Å². The SMILES string of the molecule is [c-]1c[n+](-c2ccc(Cc3ccccc3)cc2)ccc1-c1cc[n+](-c2ccc(Cc3ccccc3)cc2)cc1. The molecule has 0 bridgehead atoms. The van der Waals surface area contributed by atoms with Crippen molar-refractivity contribution in [1.82, 2.24) is 0 Å². The smallest absolute Gasteiger partial charge is 0.191 e. The molecule has 0 fully saturated rings. The maximum absolute atomic E-state index is 3.45. The monoisotopic (exact) mass is 489 g/mol. The first kappa shape index (κ1) is 23.6. The summed E-state index contributed by atoms with van der Waals surface area (Å²) in [6.07, 6.45) is 10.2. The van der Waals surface area contributed by atoms with Crippen molar-refractivity contribution in [3.8, 4) is 22.5 Å². The number of hydrogen-bond donors (Lipinski definition) is 0. The van der Waals surface area contributed by atoms with E-state index in [1.54, 1.807) is 0 Å². The van der Waals surface area contributed by atoms with Gasteiger partial charge in [-0.15, -0.1) is 11.6 Å². The zero-order valence-electron chi connectivity index (χ0n) is 21.2. The Kier molecular flexibility index (Phi) is 6.86. The number of hydrogen-bond acceptors (Lipinski definition) is 0. The minimum atomic E-state index is 0.947. The zero-order valence-corrected chi connectivity index (χ0v) is 21.2. The maximum atomic E-state index is 3.45. The van der Waals surface area contributed by atoms with Crippen LogP contribution in [0.1, 0.15) is 22.3 Å². The molecule has 2 heterocycles. The summed E-state index contributed by atoms with van der Waals surface area (Å²) >= 11 is 0. The molecular weight excluding hydrogens is 460 g/mol. The molecule has 6 aromatic rings. The van der Waals surface area contributed by atoms with E-state index >= 15 is 0 Å². The average Bonchev–Trinajstić information content (AvgIpc) is 2.99. The molecule has 2 aromatic heterocycles. The molecule has 0 aliphatic rings. The highest BCUT2D eigenvalue weighted by molar-refractivity contribution is 5.60. The zero-order chi connectivity index (χ0) is 25.6. The summed E-state index contributed by atoms with van der Waals surface area (Å²) < 4.78 is 4.26. The van der Waals surface area contributed by atoms with Crippen LogP contribution in [-0.4, -0.2) is 0 Å². The quantitative estimate of drug-likeness (QED) is 0.170. The van der Waals surface area contributed by atoms with Crippen molar-refractivity contribution in [2.45, 2.75) is 12.8 Å². The summed E-state index contributed by atoms with van der Waals surface area (Å²) in [6, 6.07) is 48.6. The van der Waals surface area contributed by atoms with E-state index < -0.39 is 0 Å². The van der Waals surface area contributed by atoms with Crippen molar-refractivity contribution in [2.75, 3.05) is 0 Å². The molecule has 0 aliphatic carbocycles. The van der Waals surface area contributed by atoms with Crippen molar-refractivity contribution in [3.63, 3.8) is 0 Å². The second kappa shape index (κ2) is 11.1. The molecule has 0 amide bonds. The van der Waals surface area contributed by atoms with E-state index in [-0.39, 0.29) is 0 Å². The molecule has 38 heavy (non-hydrogen) atoms. The van der Waals surface area contributed by atoms with Gasteiger partial charge < -0.3 is 0 Å². The minimum absolute atomic E-state index is 0.947. The summed E-state index contributed by atoms with van der Waals surface area (Å²) in [6.45, 7) is 0. The highest BCUT2D eigenvalue weighted by Gasteiger charge is 2.07. The van der Waals surface area contributed by atoms with Gasteiger partial charge in [0, 0.05) is 24.3 Å². The van der Waals surface area contributed by atoms with Gasteiger partial charge in [0.1, 0.15) is 12.4 Å². The largest absolute Gasteiger partial charge is 0.210 e. The van der Waals surface area contributed by atoms with E-state index in [4.69, 9.17) is 0 Å². The second-order valence-electron chi connectivity index (χ2n) is 9.56. The Balaban J connectivity index is 1.11. The van der Waals surface area contributed by atoms with Gasteiger partial charge in [-0.05, 0) is 47.2 Å². The molecular formula is C36H29N2+. The number of rotatable bonds is 7. The Bertz CT molecular complexity index is 1460. The molecule has 0 saturated heterocycles. The van der Waals surface area contributed by atoms with Gasteiger partial charge in [-0.25, -0.2) is 0 Å². The molecule has 0 saturated carbocycles. The molecule has 4 aromatic carbocycles. The fourth-order valence-electron chi connectivity index (χ4n) is 4.74. The van der Waals surface area contributed by atoms with E-state index in [0.29, 0.717) is 0 Å². The Labute approximate surface area is 224 Å². The van der Waals surface area contributed by atoms with Crippen molar-refractivity contribution in [3.05, 3.63) is 181 Å². The van der Waals surface area contributed by atoms with Crippen LogP contribution in [0.2, 0.25) is 0 Å². The summed E-state index contributed by atoms with van der Waals surface area (Å²) in [7, 11) is 0. The van der Waals surface area contributed by atoms with Gasteiger partial charge in [0.2, 0.25) is 11.4 Å². The second-order valence-corrected chi connectivity index (χ2v) is 9.56. The van der Waals surface area contributed by atoms with Crippen LogP contribution >= 0.6 is 0 Å². The van der Waals surface area contributed by atoms with Crippen LogP contribution in [0.4, 0.5) is 0 Å². The molecule has 0 radical (unpaired) electrons. The van der Waals surface area contributed by atoms with E-state index in [2.05, 4.69) is 161 Å². The Hall–Kier alpha value is -4.82. The summed E-state index contributed by atoms with van der Waals surface area (Å²) in [5.74, 6) is 0. The first-order valence-corrected chi connectivity index (χ1v) is 13.0. The molecule has 0 unspecified atom stereocenters. The molecule has 182 valence electrons. The van der Waals surface area contributed by atoms with E-state index in [1.165, 1.54) is 22.3 Å². The first-order valence-electron chi connectivity index (χ1n) is 13.0. The lowest BCUT2D eigenvalue weighted by Crippen LogP contribution is -2.29. The topological polar surface area (TPSA) is 7.76 Å². The molecule has 0 atom stereocenters. The predicted octanol–water partition coefficient (Wildman–Crippen LogP) is 6.89. The van der Waals surface area contributed by atoms with Crippen molar-refractivity contribution < 1.29 is 9.13 Å². The normalized spacial score (nSPS) is 10.8. The van der Waals surface area contributed by atoms with E-state index in [9.17, 15) is 0 Å². The van der Waals surface area contributed by atoms with Crippen LogP contribution in [0.25, 0.3) is 22.5 Å². The van der Waals surface area contributed by atoms with Crippen LogP contribution in [0.3, 0.4) is 0 Å². The van der Waals surface area contributed by atoms with Gasteiger partial charge in [-0.3, -0.25) is 0 Å². The number of nitrogens with zero attached hydrogens (tertiary/aromatic N) is 2. The van der Waals surface area contributed by atoms with Crippen molar-refractivity contribution >= 4 is 0 Å². The van der Waals surface area contributed by atoms with Crippen molar-refractivity contribution in [2.24, 2.45) is 0 Å². The van der Waals surface area contributed by atoms with Crippen LogP contribution in [0.15, 0.2) is 152 Å². The van der Waals surface area contributed by atoms with E-state index in [0.717, 1.165) is 35.3 Å². The molecule has 2 nitrogen and oxygen atoms in total. The standard InChI is InChI=1S/C36H29N2/c1-3-7-29(8-4-1)27-31-11-15-35(16-12-31)37-23-19-33(20-24-37)34-21-25-38(26-22-34)36-17-13-32(14-18-36)28-30-9-5-2-6-10-30/h1-21,23-26H,27-28H2/q+1. The fraction of sp³-hybridized carbons (Fsp3) is 0.0556.